The summed E-state index contributed by atoms with van der Waals surface area (Å²) in [4.78, 5) is 0. The first-order valence-corrected chi connectivity index (χ1v) is 6.58. The fourth-order valence-corrected chi connectivity index (χ4v) is 1.33. The van der Waals surface area contributed by atoms with Gasteiger partial charge in [0.25, 0.3) is 0 Å². The van der Waals surface area contributed by atoms with Crippen molar-refractivity contribution in [1.29, 1.82) is 0 Å². The van der Waals surface area contributed by atoms with Gasteiger partial charge in [-0.1, -0.05) is 20.8 Å². The molecule has 16 heavy (non-hydrogen) atoms. The van der Waals surface area contributed by atoms with Crippen molar-refractivity contribution in [3.63, 3.8) is 0 Å². The summed E-state index contributed by atoms with van der Waals surface area (Å²) >= 11 is 0. The predicted molar refractivity (Wildman–Crippen MR) is 66.8 cm³/mol. The van der Waals surface area contributed by atoms with Crippen LogP contribution >= 0.6 is 0 Å². The first kappa shape index (κ1) is 15.9. The molecule has 0 aliphatic heterocycles. The van der Waals surface area contributed by atoms with Crippen LogP contribution in [0.1, 0.15) is 40.0 Å². The zero-order chi connectivity index (χ0) is 12.1. The van der Waals surface area contributed by atoms with Crippen molar-refractivity contribution in [2.24, 2.45) is 5.92 Å². The minimum absolute atomic E-state index is 0.379. The topological polar surface area (TPSA) is 27.7 Å². The number of ether oxygens (including phenoxy) is 3. The van der Waals surface area contributed by atoms with E-state index in [1.807, 2.05) is 0 Å². The average Bonchev–Trinajstić information content (AvgIpc) is 2.29. The van der Waals surface area contributed by atoms with Crippen LogP contribution in [0.2, 0.25) is 0 Å². The van der Waals surface area contributed by atoms with E-state index in [-0.39, 0.29) is 0 Å². The molecule has 0 radical (unpaired) electrons. The Bertz CT molecular complexity index is 105. The Kier molecular flexibility index (Phi) is 12.9. The van der Waals surface area contributed by atoms with Gasteiger partial charge in [-0.15, -0.1) is 0 Å². The van der Waals surface area contributed by atoms with E-state index in [4.69, 9.17) is 14.2 Å². The van der Waals surface area contributed by atoms with E-state index in [9.17, 15) is 0 Å². The minimum Gasteiger partial charge on any atom is -0.381 e. The highest BCUT2D eigenvalue weighted by Crippen LogP contribution is 2.02. The molecule has 0 aliphatic carbocycles. The highest BCUT2D eigenvalue weighted by molar-refractivity contribution is 4.56. The van der Waals surface area contributed by atoms with Crippen LogP contribution in [0.4, 0.5) is 0 Å². The maximum absolute atomic E-state index is 5.55. The van der Waals surface area contributed by atoms with E-state index in [0.29, 0.717) is 5.92 Å². The van der Waals surface area contributed by atoms with Crippen molar-refractivity contribution in [1.82, 2.24) is 0 Å². The summed E-state index contributed by atoms with van der Waals surface area (Å²) in [6.45, 7) is 11.1. The molecule has 0 amide bonds. The molecule has 0 saturated heterocycles. The number of rotatable bonds is 12. The van der Waals surface area contributed by atoms with Gasteiger partial charge in [-0.3, -0.25) is 0 Å². The van der Waals surface area contributed by atoms with Crippen molar-refractivity contribution < 1.29 is 14.2 Å². The van der Waals surface area contributed by atoms with Crippen LogP contribution in [0.25, 0.3) is 0 Å². The Morgan fingerprint density at radius 3 is 1.19 bits per heavy atom. The van der Waals surface area contributed by atoms with Crippen LogP contribution in [-0.4, -0.2) is 39.6 Å². The standard InChI is InChI=1S/C13H28O3/c1-4-7-14-10-13(11-15-8-5-2)12-16-9-6-3/h13H,4-12H2,1-3H3. The zero-order valence-corrected chi connectivity index (χ0v) is 11.2. The van der Waals surface area contributed by atoms with E-state index in [1.165, 1.54) is 0 Å². The van der Waals surface area contributed by atoms with Gasteiger partial charge in [0.05, 0.1) is 19.8 Å². The Morgan fingerprint density at radius 1 is 0.625 bits per heavy atom. The van der Waals surface area contributed by atoms with Crippen molar-refractivity contribution in [2.75, 3.05) is 39.6 Å². The third kappa shape index (κ3) is 10.4. The molecule has 0 rings (SSSR count). The Morgan fingerprint density at radius 2 is 0.938 bits per heavy atom. The molecule has 0 atom stereocenters. The quantitative estimate of drug-likeness (QED) is 0.484. The van der Waals surface area contributed by atoms with E-state index < -0.39 is 0 Å². The molecule has 0 aromatic rings. The first-order valence-electron chi connectivity index (χ1n) is 6.58. The monoisotopic (exact) mass is 232 g/mol. The average molecular weight is 232 g/mol. The van der Waals surface area contributed by atoms with Crippen molar-refractivity contribution in [3.05, 3.63) is 0 Å². The summed E-state index contributed by atoms with van der Waals surface area (Å²) < 4.78 is 16.6. The Hall–Kier alpha value is -0.120. The Balaban J connectivity index is 3.58. The second-order valence-electron chi connectivity index (χ2n) is 4.09. The maximum Gasteiger partial charge on any atom is 0.0538 e. The van der Waals surface area contributed by atoms with Crippen LogP contribution in [0.15, 0.2) is 0 Å². The lowest BCUT2D eigenvalue weighted by atomic mass is 10.2. The van der Waals surface area contributed by atoms with Gasteiger partial charge in [-0.25, -0.2) is 0 Å². The third-order valence-electron chi connectivity index (χ3n) is 2.11. The minimum atomic E-state index is 0.379. The third-order valence-corrected chi connectivity index (χ3v) is 2.11. The van der Waals surface area contributed by atoms with E-state index in [1.54, 1.807) is 0 Å². The molecule has 0 saturated carbocycles. The van der Waals surface area contributed by atoms with Gasteiger partial charge in [0.15, 0.2) is 0 Å². The van der Waals surface area contributed by atoms with Crippen molar-refractivity contribution in [2.45, 2.75) is 40.0 Å². The van der Waals surface area contributed by atoms with Crippen LogP contribution < -0.4 is 0 Å². The Labute approximate surface area is 100 Å². The molecule has 0 fully saturated rings. The van der Waals surface area contributed by atoms with E-state index in [2.05, 4.69) is 20.8 Å². The van der Waals surface area contributed by atoms with Crippen molar-refractivity contribution in [3.8, 4) is 0 Å². The molecule has 0 aliphatic rings. The summed E-state index contributed by atoms with van der Waals surface area (Å²) in [6, 6.07) is 0. The van der Waals surface area contributed by atoms with Gasteiger partial charge in [0.1, 0.15) is 0 Å². The largest absolute Gasteiger partial charge is 0.381 e. The highest BCUT2D eigenvalue weighted by Gasteiger charge is 2.09. The van der Waals surface area contributed by atoms with Gasteiger partial charge in [0, 0.05) is 25.7 Å². The van der Waals surface area contributed by atoms with Gasteiger partial charge in [-0.05, 0) is 19.3 Å². The van der Waals surface area contributed by atoms with Crippen LogP contribution in [-0.2, 0) is 14.2 Å². The lowest BCUT2D eigenvalue weighted by molar-refractivity contribution is -0.00536. The normalized spacial score (nSPS) is 11.2. The number of hydrogen-bond donors (Lipinski definition) is 0. The molecule has 3 nitrogen and oxygen atoms in total. The lowest BCUT2D eigenvalue weighted by Crippen LogP contribution is -2.22. The molecule has 0 heterocycles. The molecule has 0 bridgehead atoms. The fourth-order valence-electron chi connectivity index (χ4n) is 1.33. The molecule has 0 aromatic carbocycles. The summed E-state index contributed by atoms with van der Waals surface area (Å²) in [7, 11) is 0. The molecular formula is C13H28O3. The second kappa shape index (κ2) is 12.9. The number of hydrogen-bond acceptors (Lipinski definition) is 3. The van der Waals surface area contributed by atoms with Crippen molar-refractivity contribution >= 4 is 0 Å². The van der Waals surface area contributed by atoms with Crippen LogP contribution in [0, 0.1) is 5.92 Å². The molecule has 0 unspecified atom stereocenters. The van der Waals surface area contributed by atoms with Crippen LogP contribution in [0.3, 0.4) is 0 Å². The van der Waals surface area contributed by atoms with E-state index >= 15 is 0 Å². The maximum atomic E-state index is 5.55. The second-order valence-corrected chi connectivity index (χ2v) is 4.09. The summed E-state index contributed by atoms with van der Waals surface area (Å²) in [5.74, 6) is 0.379. The van der Waals surface area contributed by atoms with Gasteiger partial charge < -0.3 is 14.2 Å². The SMILES string of the molecule is CCCOCC(COCCC)COCCC. The molecular weight excluding hydrogens is 204 g/mol. The molecule has 0 N–H and O–H groups in total. The smallest absolute Gasteiger partial charge is 0.0538 e. The molecule has 3 heteroatoms. The first-order chi connectivity index (χ1) is 7.85. The van der Waals surface area contributed by atoms with Crippen LogP contribution in [0.5, 0.6) is 0 Å². The predicted octanol–water partition coefficient (Wildman–Crippen LogP) is 2.88. The fraction of sp³-hybridized carbons (Fsp3) is 1.00. The molecule has 0 spiro atoms. The molecule has 98 valence electrons. The lowest BCUT2D eigenvalue weighted by Gasteiger charge is -2.17. The summed E-state index contributed by atoms with van der Waals surface area (Å²) in [6.07, 6.45) is 3.20. The van der Waals surface area contributed by atoms with Gasteiger partial charge in [0.2, 0.25) is 0 Å². The van der Waals surface area contributed by atoms with E-state index in [0.717, 1.165) is 58.9 Å². The van der Waals surface area contributed by atoms with Gasteiger partial charge >= 0.3 is 0 Å². The zero-order valence-electron chi connectivity index (χ0n) is 11.2. The highest BCUT2D eigenvalue weighted by atomic mass is 16.5. The van der Waals surface area contributed by atoms with Gasteiger partial charge in [-0.2, -0.15) is 0 Å². The summed E-state index contributed by atoms with van der Waals surface area (Å²) in [5, 5.41) is 0. The summed E-state index contributed by atoms with van der Waals surface area (Å²) in [5.41, 5.74) is 0. The molecule has 0 aromatic heterocycles.